The Morgan fingerprint density at radius 2 is 1.88 bits per heavy atom. The minimum atomic E-state index is -0.129. The third-order valence-electron chi connectivity index (χ3n) is 8.52. The Morgan fingerprint density at radius 1 is 1.08 bits per heavy atom. The minimum absolute atomic E-state index is 0.129. The molecule has 0 aliphatic heterocycles. The quantitative estimate of drug-likeness (QED) is 0.663. The van der Waals surface area contributed by atoms with E-state index in [9.17, 15) is 9.59 Å². The molecule has 134 valence electrons. The average molecular weight is 332 g/mol. The average Bonchev–Trinajstić information content (AvgIpc) is 2.81. The first kappa shape index (κ1) is 16.6. The Balaban J connectivity index is 1.54. The van der Waals surface area contributed by atoms with E-state index < -0.39 is 0 Å². The van der Waals surface area contributed by atoms with Gasteiger partial charge >= 0.3 is 5.97 Å². The fourth-order valence-corrected chi connectivity index (χ4v) is 7.34. The largest absolute Gasteiger partial charge is 0.463 e. The van der Waals surface area contributed by atoms with Gasteiger partial charge < -0.3 is 4.74 Å². The number of hydrogen-bond acceptors (Lipinski definition) is 3. The van der Waals surface area contributed by atoms with Crippen molar-refractivity contribution in [3.8, 4) is 0 Å². The van der Waals surface area contributed by atoms with Crippen LogP contribution in [0.25, 0.3) is 0 Å². The van der Waals surface area contributed by atoms with Gasteiger partial charge in [0.15, 0.2) is 0 Å². The van der Waals surface area contributed by atoms with Gasteiger partial charge in [0.25, 0.3) is 0 Å². The van der Waals surface area contributed by atoms with E-state index >= 15 is 0 Å². The predicted molar refractivity (Wildman–Crippen MR) is 92.3 cm³/mol. The van der Waals surface area contributed by atoms with E-state index in [2.05, 4.69) is 13.8 Å². The van der Waals surface area contributed by atoms with Crippen molar-refractivity contribution in [2.75, 3.05) is 0 Å². The Labute approximate surface area is 145 Å². The summed E-state index contributed by atoms with van der Waals surface area (Å²) in [5.41, 5.74) is 0.683. The van der Waals surface area contributed by atoms with Crippen LogP contribution in [0.5, 0.6) is 0 Å². The van der Waals surface area contributed by atoms with Crippen LogP contribution in [0.15, 0.2) is 0 Å². The topological polar surface area (TPSA) is 43.4 Å². The summed E-state index contributed by atoms with van der Waals surface area (Å²) in [5, 5.41) is 0. The lowest BCUT2D eigenvalue weighted by atomic mass is 9.45. The molecule has 24 heavy (non-hydrogen) atoms. The second-order valence-electron chi connectivity index (χ2n) is 9.78. The normalized spacial score (nSPS) is 50.6. The van der Waals surface area contributed by atoms with Crippen molar-refractivity contribution in [3.05, 3.63) is 0 Å². The van der Waals surface area contributed by atoms with Crippen LogP contribution in [0.4, 0.5) is 0 Å². The minimum Gasteiger partial charge on any atom is -0.463 e. The van der Waals surface area contributed by atoms with E-state index in [-0.39, 0.29) is 17.5 Å². The molecular weight excluding hydrogens is 300 g/mol. The predicted octanol–water partition coefficient (Wildman–Crippen LogP) is 4.53. The van der Waals surface area contributed by atoms with E-state index in [0.29, 0.717) is 23.0 Å². The molecule has 0 amide bonds. The number of carbonyl (C=O) groups is 2. The highest BCUT2D eigenvalue weighted by atomic mass is 16.5. The Hall–Kier alpha value is -0.860. The summed E-state index contributed by atoms with van der Waals surface area (Å²) < 4.78 is 5.54. The van der Waals surface area contributed by atoms with Crippen LogP contribution >= 0.6 is 0 Å². The van der Waals surface area contributed by atoms with Crippen molar-refractivity contribution >= 4 is 11.8 Å². The molecule has 4 aliphatic carbocycles. The molecule has 4 aliphatic rings. The Kier molecular flexibility index (Phi) is 3.85. The fourth-order valence-electron chi connectivity index (χ4n) is 7.34. The van der Waals surface area contributed by atoms with Crippen LogP contribution < -0.4 is 0 Å². The first-order chi connectivity index (χ1) is 11.3. The van der Waals surface area contributed by atoms with Gasteiger partial charge in [-0.25, -0.2) is 0 Å². The van der Waals surface area contributed by atoms with Crippen LogP contribution in [0, 0.1) is 34.5 Å². The molecule has 0 aromatic heterocycles. The van der Waals surface area contributed by atoms with E-state index in [1.807, 2.05) is 0 Å². The highest BCUT2D eigenvalue weighted by Crippen LogP contribution is 2.65. The van der Waals surface area contributed by atoms with Crippen molar-refractivity contribution in [2.45, 2.75) is 84.7 Å². The maximum absolute atomic E-state index is 12.1. The number of carbonyl (C=O) groups excluding carboxylic acids is 2. The van der Waals surface area contributed by atoms with Crippen molar-refractivity contribution < 1.29 is 14.3 Å². The van der Waals surface area contributed by atoms with E-state index in [1.54, 1.807) is 0 Å². The molecule has 0 heterocycles. The molecule has 0 spiro atoms. The van der Waals surface area contributed by atoms with Gasteiger partial charge in [0.1, 0.15) is 11.9 Å². The highest BCUT2D eigenvalue weighted by Gasteiger charge is 2.59. The molecule has 3 heteroatoms. The number of fused-ring (bicyclic) bond motifs is 5. The summed E-state index contributed by atoms with van der Waals surface area (Å²) in [4.78, 5) is 23.5. The molecule has 0 radical (unpaired) electrons. The van der Waals surface area contributed by atoms with Gasteiger partial charge in [0.2, 0.25) is 0 Å². The zero-order chi connectivity index (χ0) is 17.1. The van der Waals surface area contributed by atoms with Crippen LogP contribution in [0.1, 0.15) is 78.6 Å². The van der Waals surface area contributed by atoms with Crippen LogP contribution in [-0.2, 0) is 14.3 Å². The maximum Gasteiger partial charge on any atom is 0.302 e. The zero-order valence-corrected chi connectivity index (χ0v) is 15.5. The van der Waals surface area contributed by atoms with Crippen LogP contribution in [0.2, 0.25) is 0 Å². The molecule has 4 fully saturated rings. The lowest BCUT2D eigenvalue weighted by Gasteiger charge is -2.60. The highest BCUT2D eigenvalue weighted by molar-refractivity contribution is 5.82. The summed E-state index contributed by atoms with van der Waals surface area (Å²) in [6, 6.07) is 0. The molecule has 4 saturated carbocycles. The standard InChI is InChI=1S/C21H32O3/c1-13(22)24-16-6-9-21(3)14(10-16)4-5-17-18(21)7-8-20(2)12-15(23)11-19(17)20/h14,16-19H,4-12H2,1-3H3/t14-,16-,17+,18-,19-,20+,21-/m0/s1. The van der Waals surface area contributed by atoms with Crippen LogP contribution in [-0.4, -0.2) is 17.9 Å². The molecule has 7 atom stereocenters. The molecular formula is C21H32O3. The van der Waals surface area contributed by atoms with Crippen LogP contribution in [0.3, 0.4) is 0 Å². The number of hydrogen-bond donors (Lipinski definition) is 0. The third kappa shape index (κ3) is 2.45. The van der Waals surface area contributed by atoms with Crippen molar-refractivity contribution in [3.63, 3.8) is 0 Å². The molecule has 0 aromatic rings. The lowest BCUT2D eigenvalue weighted by Crippen LogP contribution is -2.53. The van der Waals surface area contributed by atoms with Gasteiger partial charge in [-0.2, -0.15) is 0 Å². The monoisotopic (exact) mass is 332 g/mol. The fraction of sp³-hybridized carbons (Fsp3) is 0.905. The van der Waals surface area contributed by atoms with Crippen molar-refractivity contribution in [1.82, 2.24) is 0 Å². The molecule has 0 N–H and O–H groups in total. The molecule has 3 nitrogen and oxygen atoms in total. The summed E-state index contributed by atoms with van der Waals surface area (Å²) in [6.07, 6.45) is 10.2. The van der Waals surface area contributed by atoms with Gasteiger partial charge in [0, 0.05) is 19.8 Å². The second kappa shape index (κ2) is 5.57. The number of rotatable bonds is 1. The maximum atomic E-state index is 12.1. The van der Waals surface area contributed by atoms with Gasteiger partial charge in [-0.1, -0.05) is 13.8 Å². The van der Waals surface area contributed by atoms with E-state index in [4.69, 9.17) is 4.74 Å². The van der Waals surface area contributed by atoms with Crippen molar-refractivity contribution in [2.24, 2.45) is 34.5 Å². The number of ketones is 1. The van der Waals surface area contributed by atoms with Gasteiger partial charge in [-0.3, -0.25) is 9.59 Å². The Morgan fingerprint density at radius 3 is 2.62 bits per heavy atom. The zero-order valence-electron chi connectivity index (χ0n) is 15.5. The Bertz CT molecular complexity index is 555. The van der Waals surface area contributed by atoms with Crippen molar-refractivity contribution in [1.29, 1.82) is 0 Å². The third-order valence-corrected chi connectivity index (χ3v) is 8.52. The van der Waals surface area contributed by atoms with Gasteiger partial charge in [0.05, 0.1) is 0 Å². The number of ether oxygens (including phenoxy) is 1. The SMILES string of the molecule is CC(=O)O[C@H]1CC[C@@]2(C)[C@@H](CC[C@H]3[C@@H]4CC(=O)C[C@@]4(C)CC[C@@H]32)C1. The molecule has 0 saturated heterocycles. The summed E-state index contributed by atoms with van der Waals surface area (Å²) in [7, 11) is 0. The van der Waals surface area contributed by atoms with E-state index in [0.717, 1.165) is 37.5 Å². The molecule has 0 bridgehead atoms. The number of esters is 1. The van der Waals surface area contributed by atoms with E-state index in [1.165, 1.54) is 39.0 Å². The first-order valence-electron chi connectivity index (χ1n) is 10.0. The molecule has 0 unspecified atom stereocenters. The van der Waals surface area contributed by atoms with Gasteiger partial charge in [-0.15, -0.1) is 0 Å². The smallest absolute Gasteiger partial charge is 0.302 e. The summed E-state index contributed by atoms with van der Waals surface area (Å²) in [5.74, 6) is 3.23. The number of Topliss-reactive ketones (excluding diaryl/α,β-unsaturated/α-hetero) is 1. The lowest BCUT2D eigenvalue weighted by molar-refractivity contribution is -0.159. The van der Waals surface area contributed by atoms with Gasteiger partial charge in [-0.05, 0) is 79.4 Å². The first-order valence-corrected chi connectivity index (χ1v) is 10.0. The molecule has 4 rings (SSSR count). The molecule has 0 aromatic carbocycles. The summed E-state index contributed by atoms with van der Waals surface area (Å²) >= 11 is 0. The summed E-state index contributed by atoms with van der Waals surface area (Å²) in [6.45, 7) is 6.42. The second-order valence-corrected chi connectivity index (χ2v) is 9.78.